The first kappa shape index (κ1) is 18.0. The molecule has 1 aliphatic heterocycles. The van der Waals surface area contributed by atoms with Gasteiger partial charge in [-0.15, -0.1) is 0 Å². The van der Waals surface area contributed by atoms with Gasteiger partial charge >= 0.3 is 0 Å². The van der Waals surface area contributed by atoms with E-state index < -0.39 is 5.82 Å². The molecule has 0 bridgehead atoms. The fourth-order valence-corrected chi connectivity index (χ4v) is 2.90. The number of anilines is 1. The van der Waals surface area contributed by atoms with Crippen molar-refractivity contribution in [2.45, 2.75) is 33.2 Å². The number of hydrogen-bond donors (Lipinski definition) is 0. The van der Waals surface area contributed by atoms with E-state index in [2.05, 4.69) is 14.9 Å². The zero-order chi connectivity index (χ0) is 18.5. The molecule has 0 radical (unpaired) electrons. The first-order valence-electron chi connectivity index (χ1n) is 8.80. The summed E-state index contributed by atoms with van der Waals surface area (Å²) in [6.07, 6.45) is 2.79. The predicted octanol–water partition coefficient (Wildman–Crippen LogP) is 4.99. The molecule has 3 heterocycles. The zero-order valence-electron chi connectivity index (χ0n) is 14.9. The minimum atomic E-state index is -0.399. The number of hydrogen-bond acceptors (Lipinski definition) is 4. The number of aromatic nitrogens is 2. The maximum absolute atomic E-state index is 13.5. The number of pyridine rings is 1. The Kier molecular flexibility index (Phi) is 5.61. The Balaban J connectivity index is 0.000000948. The molecule has 6 heteroatoms. The first-order chi connectivity index (χ1) is 12.7. The second-order valence-corrected chi connectivity index (χ2v) is 5.76. The molecule has 26 heavy (non-hydrogen) atoms. The molecular formula is C20H21F2N3O. The zero-order valence-corrected chi connectivity index (χ0v) is 14.9. The molecule has 0 N–H and O–H groups in total. The summed E-state index contributed by atoms with van der Waals surface area (Å²) in [6.45, 7) is 5.35. The van der Waals surface area contributed by atoms with E-state index in [1.54, 1.807) is 12.1 Å². The molecule has 1 aliphatic rings. The third-order valence-corrected chi connectivity index (χ3v) is 4.07. The van der Waals surface area contributed by atoms with Crippen LogP contribution in [0.3, 0.4) is 0 Å². The maximum atomic E-state index is 13.5. The average molecular weight is 357 g/mol. The van der Waals surface area contributed by atoms with Crippen molar-refractivity contribution in [1.82, 2.24) is 9.97 Å². The Morgan fingerprint density at radius 1 is 1.08 bits per heavy atom. The number of rotatable bonds is 2. The monoisotopic (exact) mass is 357 g/mol. The van der Waals surface area contributed by atoms with Gasteiger partial charge < -0.3 is 9.32 Å². The molecule has 0 spiro atoms. The van der Waals surface area contributed by atoms with Crippen LogP contribution in [0, 0.1) is 11.6 Å². The fourth-order valence-electron chi connectivity index (χ4n) is 2.90. The summed E-state index contributed by atoms with van der Waals surface area (Å²) >= 11 is 0. The standard InChI is InChI=1S/C18H15F2N3O.C2H6/c19-12-3-1-4-14(9-12)23-8-2-5-17-16(11-23)22-18(24-17)15-7-6-13(20)10-21-15;1-2/h1,3-4,6-7,9-10H,2,5,8,11H2;1-2H3. The van der Waals surface area contributed by atoms with Crippen LogP contribution in [-0.2, 0) is 13.0 Å². The van der Waals surface area contributed by atoms with Crippen molar-refractivity contribution >= 4 is 5.69 Å². The Hall–Kier alpha value is -2.76. The van der Waals surface area contributed by atoms with Gasteiger partial charge in [-0.3, -0.25) is 0 Å². The molecule has 0 amide bonds. The minimum absolute atomic E-state index is 0.256. The highest BCUT2D eigenvalue weighted by molar-refractivity contribution is 5.50. The third-order valence-electron chi connectivity index (χ3n) is 4.07. The van der Waals surface area contributed by atoms with Gasteiger partial charge in [0.05, 0.1) is 12.7 Å². The third kappa shape index (κ3) is 3.90. The molecule has 0 atom stereocenters. The minimum Gasteiger partial charge on any atom is -0.440 e. The summed E-state index contributed by atoms with van der Waals surface area (Å²) < 4.78 is 32.3. The molecule has 0 unspecified atom stereocenters. The van der Waals surface area contributed by atoms with Crippen LogP contribution in [0.15, 0.2) is 47.0 Å². The van der Waals surface area contributed by atoms with Crippen molar-refractivity contribution in [3.8, 4) is 11.6 Å². The molecule has 136 valence electrons. The lowest BCUT2D eigenvalue weighted by Gasteiger charge is -2.22. The highest BCUT2D eigenvalue weighted by atomic mass is 19.1. The number of benzene rings is 1. The van der Waals surface area contributed by atoms with Gasteiger partial charge in [0.25, 0.3) is 0 Å². The number of oxazole rings is 1. The number of nitrogens with zero attached hydrogens (tertiary/aromatic N) is 3. The average Bonchev–Trinajstić information content (AvgIpc) is 2.95. The lowest BCUT2D eigenvalue weighted by molar-refractivity contribution is 0.510. The quantitative estimate of drug-likeness (QED) is 0.648. The van der Waals surface area contributed by atoms with Crippen molar-refractivity contribution in [2.24, 2.45) is 0 Å². The molecule has 0 saturated heterocycles. The SMILES string of the molecule is CC.Fc1ccc(-c2nc3c(o2)CCCN(c2cccc(F)c2)C3)nc1. The topological polar surface area (TPSA) is 42.2 Å². The largest absolute Gasteiger partial charge is 0.440 e. The second kappa shape index (κ2) is 8.08. The van der Waals surface area contributed by atoms with Crippen LogP contribution >= 0.6 is 0 Å². The van der Waals surface area contributed by atoms with Crippen molar-refractivity contribution in [1.29, 1.82) is 0 Å². The van der Waals surface area contributed by atoms with Crippen LogP contribution in [0.25, 0.3) is 11.6 Å². The molecule has 0 aliphatic carbocycles. The molecule has 0 fully saturated rings. The second-order valence-electron chi connectivity index (χ2n) is 5.76. The Bertz CT molecular complexity index is 862. The van der Waals surface area contributed by atoms with Gasteiger partial charge in [0.15, 0.2) is 0 Å². The van der Waals surface area contributed by atoms with E-state index in [1.807, 2.05) is 19.9 Å². The van der Waals surface area contributed by atoms with Crippen LogP contribution in [0.5, 0.6) is 0 Å². The van der Waals surface area contributed by atoms with E-state index >= 15 is 0 Å². The van der Waals surface area contributed by atoms with Crippen molar-refractivity contribution in [3.63, 3.8) is 0 Å². The summed E-state index contributed by atoms with van der Waals surface area (Å²) in [5.74, 6) is 0.550. The van der Waals surface area contributed by atoms with Crippen molar-refractivity contribution < 1.29 is 13.2 Å². The number of halogens is 2. The molecule has 4 nitrogen and oxygen atoms in total. The molecule has 2 aromatic heterocycles. The molecule has 3 aromatic rings. The Labute approximate surface area is 151 Å². The van der Waals surface area contributed by atoms with Crippen LogP contribution in [0.4, 0.5) is 14.5 Å². The molecule has 1 aromatic carbocycles. The van der Waals surface area contributed by atoms with E-state index in [4.69, 9.17) is 4.42 Å². The summed E-state index contributed by atoms with van der Waals surface area (Å²) in [7, 11) is 0. The lowest BCUT2D eigenvalue weighted by atomic mass is 10.2. The van der Waals surface area contributed by atoms with Crippen LogP contribution in [0.2, 0.25) is 0 Å². The van der Waals surface area contributed by atoms with Crippen LogP contribution in [0.1, 0.15) is 31.7 Å². The summed E-state index contributed by atoms with van der Waals surface area (Å²) in [6, 6.07) is 9.42. The van der Waals surface area contributed by atoms with E-state index in [1.165, 1.54) is 18.2 Å². The van der Waals surface area contributed by atoms with Crippen molar-refractivity contribution in [2.75, 3.05) is 11.4 Å². The van der Waals surface area contributed by atoms with Gasteiger partial charge in [-0.1, -0.05) is 19.9 Å². The van der Waals surface area contributed by atoms with Gasteiger partial charge in [0.1, 0.15) is 28.8 Å². The number of aryl methyl sites for hydroxylation is 1. The highest BCUT2D eigenvalue weighted by Crippen LogP contribution is 2.27. The highest BCUT2D eigenvalue weighted by Gasteiger charge is 2.22. The van der Waals surface area contributed by atoms with Gasteiger partial charge in [0, 0.05) is 18.7 Å². The Morgan fingerprint density at radius 3 is 2.65 bits per heavy atom. The van der Waals surface area contributed by atoms with E-state index in [-0.39, 0.29) is 5.82 Å². The van der Waals surface area contributed by atoms with Crippen LogP contribution < -0.4 is 4.90 Å². The summed E-state index contributed by atoms with van der Waals surface area (Å²) in [4.78, 5) is 10.6. The van der Waals surface area contributed by atoms with E-state index in [0.717, 1.165) is 42.7 Å². The lowest BCUT2D eigenvalue weighted by Crippen LogP contribution is -2.22. The summed E-state index contributed by atoms with van der Waals surface area (Å²) in [5.41, 5.74) is 2.15. The predicted molar refractivity (Wildman–Crippen MR) is 96.8 cm³/mol. The molecular weight excluding hydrogens is 336 g/mol. The summed E-state index contributed by atoms with van der Waals surface area (Å²) in [5, 5.41) is 0. The Morgan fingerprint density at radius 2 is 1.92 bits per heavy atom. The first-order valence-corrected chi connectivity index (χ1v) is 8.80. The van der Waals surface area contributed by atoms with Gasteiger partial charge in [0.2, 0.25) is 5.89 Å². The van der Waals surface area contributed by atoms with Crippen LogP contribution in [-0.4, -0.2) is 16.5 Å². The number of fused-ring (bicyclic) bond motifs is 1. The fraction of sp³-hybridized carbons (Fsp3) is 0.300. The maximum Gasteiger partial charge on any atom is 0.245 e. The van der Waals surface area contributed by atoms with Gasteiger partial charge in [-0.05, 0) is 36.8 Å². The van der Waals surface area contributed by atoms with E-state index in [9.17, 15) is 8.78 Å². The van der Waals surface area contributed by atoms with Gasteiger partial charge in [-0.25, -0.2) is 18.7 Å². The molecule has 4 rings (SSSR count). The van der Waals surface area contributed by atoms with Crippen molar-refractivity contribution in [3.05, 3.63) is 65.7 Å². The normalized spacial score (nSPS) is 13.5. The smallest absolute Gasteiger partial charge is 0.245 e. The van der Waals surface area contributed by atoms with E-state index in [0.29, 0.717) is 18.1 Å². The molecule has 0 saturated carbocycles. The van der Waals surface area contributed by atoms with Gasteiger partial charge in [-0.2, -0.15) is 0 Å².